The number of likely N-dealkylation sites (tertiary alicyclic amines) is 1. The Labute approximate surface area is 145 Å². The van der Waals surface area contributed by atoms with Gasteiger partial charge in [-0.15, -0.1) is 0 Å². The van der Waals surface area contributed by atoms with E-state index in [9.17, 15) is 4.79 Å². The monoisotopic (exact) mass is 333 g/mol. The summed E-state index contributed by atoms with van der Waals surface area (Å²) in [4.78, 5) is 17.2. The number of carbonyl (C=O) groups excluding carboxylic acids is 1. The Balaban J connectivity index is 1.51. The first-order chi connectivity index (χ1) is 11.7. The van der Waals surface area contributed by atoms with Gasteiger partial charge in [-0.3, -0.25) is 9.89 Å². The van der Waals surface area contributed by atoms with Crippen LogP contribution in [0.1, 0.15) is 54.4 Å². The molecular formula is C18H31N5O. The number of H-pyrrole nitrogens is 1. The maximum Gasteiger partial charge on any atom is 0.274 e. The Morgan fingerprint density at radius 3 is 2.92 bits per heavy atom. The Bertz CT molecular complexity index is 548. The number of unbranched alkanes of at least 4 members (excludes halogenated alkanes) is 1. The standard InChI is InChI=1S/C18H31N5O/c1-3-4-9-22(2)13-14-6-10-23(11-7-14)18(24)17-15-12-19-8-5-16(15)20-21-17/h14,19H,3-13H2,1-2H3,(H,20,21). The first-order valence-electron chi connectivity index (χ1n) is 9.43. The zero-order valence-electron chi connectivity index (χ0n) is 15.1. The molecule has 1 fully saturated rings. The summed E-state index contributed by atoms with van der Waals surface area (Å²) >= 11 is 0. The minimum Gasteiger partial charge on any atom is -0.337 e. The summed E-state index contributed by atoms with van der Waals surface area (Å²) in [6, 6.07) is 0. The van der Waals surface area contributed by atoms with Gasteiger partial charge >= 0.3 is 0 Å². The highest BCUT2D eigenvalue weighted by molar-refractivity contribution is 5.94. The van der Waals surface area contributed by atoms with Crippen molar-refractivity contribution in [3.63, 3.8) is 0 Å². The van der Waals surface area contributed by atoms with Gasteiger partial charge in [-0.05, 0) is 38.8 Å². The van der Waals surface area contributed by atoms with Crippen molar-refractivity contribution in [3.05, 3.63) is 17.0 Å². The van der Waals surface area contributed by atoms with E-state index in [0.29, 0.717) is 11.6 Å². The molecule has 3 heterocycles. The second kappa shape index (κ2) is 8.12. The van der Waals surface area contributed by atoms with Crippen molar-refractivity contribution in [1.82, 2.24) is 25.3 Å². The van der Waals surface area contributed by atoms with Gasteiger partial charge in [0.2, 0.25) is 0 Å². The summed E-state index contributed by atoms with van der Waals surface area (Å²) in [5.41, 5.74) is 2.84. The number of piperidine rings is 1. The van der Waals surface area contributed by atoms with Crippen LogP contribution in [0.2, 0.25) is 0 Å². The van der Waals surface area contributed by atoms with Crippen molar-refractivity contribution in [2.45, 2.75) is 45.6 Å². The molecule has 0 spiro atoms. The fraction of sp³-hybridized carbons (Fsp3) is 0.778. The van der Waals surface area contributed by atoms with E-state index in [1.165, 1.54) is 19.4 Å². The molecule has 2 aliphatic rings. The number of nitrogens with zero attached hydrogens (tertiary/aromatic N) is 3. The van der Waals surface area contributed by atoms with Gasteiger partial charge in [-0.1, -0.05) is 13.3 Å². The van der Waals surface area contributed by atoms with E-state index < -0.39 is 0 Å². The maximum atomic E-state index is 12.8. The first kappa shape index (κ1) is 17.4. The number of hydrogen-bond donors (Lipinski definition) is 2. The van der Waals surface area contributed by atoms with Gasteiger partial charge in [0.05, 0.1) is 0 Å². The first-order valence-corrected chi connectivity index (χ1v) is 9.43. The van der Waals surface area contributed by atoms with Gasteiger partial charge in [0, 0.05) is 50.4 Å². The SMILES string of the molecule is CCCCN(C)CC1CCN(C(=O)c2n[nH]c3c2CNCC3)CC1. The number of amides is 1. The van der Waals surface area contributed by atoms with Crippen molar-refractivity contribution in [1.29, 1.82) is 0 Å². The number of rotatable bonds is 6. The van der Waals surface area contributed by atoms with Gasteiger partial charge < -0.3 is 15.1 Å². The van der Waals surface area contributed by atoms with E-state index in [4.69, 9.17) is 0 Å². The average molecular weight is 333 g/mol. The Hall–Kier alpha value is -1.40. The molecule has 1 aromatic heterocycles. The molecule has 24 heavy (non-hydrogen) atoms. The summed E-state index contributed by atoms with van der Waals surface area (Å²) in [5.74, 6) is 0.819. The minimum atomic E-state index is 0.106. The van der Waals surface area contributed by atoms with Crippen LogP contribution >= 0.6 is 0 Å². The number of hydrogen-bond acceptors (Lipinski definition) is 4. The van der Waals surface area contributed by atoms with E-state index in [2.05, 4.69) is 34.4 Å². The molecule has 1 saturated heterocycles. The summed E-state index contributed by atoms with van der Waals surface area (Å²) in [7, 11) is 2.22. The van der Waals surface area contributed by atoms with Crippen LogP contribution in [0.4, 0.5) is 0 Å². The third-order valence-corrected chi connectivity index (χ3v) is 5.37. The number of nitrogens with one attached hydrogen (secondary N) is 2. The Morgan fingerprint density at radius 2 is 2.17 bits per heavy atom. The van der Waals surface area contributed by atoms with Crippen molar-refractivity contribution < 1.29 is 4.79 Å². The normalized spacial score (nSPS) is 18.9. The van der Waals surface area contributed by atoms with Gasteiger partial charge in [-0.2, -0.15) is 5.10 Å². The van der Waals surface area contributed by atoms with Crippen LogP contribution in [0, 0.1) is 5.92 Å². The molecule has 0 bridgehead atoms. The Kier molecular flexibility index (Phi) is 5.89. The fourth-order valence-corrected chi connectivity index (χ4v) is 3.83. The fourth-order valence-electron chi connectivity index (χ4n) is 3.83. The van der Waals surface area contributed by atoms with Crippen LogP contribution in [0.5, 0.6) is 0 Å². The average Bonchev–Trinajstić information content (AvgIpc) is 3.04. The lowest BCUT2D eigenvalue weighted by Gasteiger charge is -2.33. The topological polar surface area (TPSA) is 64.3 Å². The molecule has 6 nitrogen and oxygen atoms in total. The largest absolute Gasteiger partial charge is 0.337 e. The van der Waals surface area contributed by atoms with Crippen molar-refractivity contribution in [2.24, 2.45) is 5.92 Å². The molecule has 0 aromatic carbocycles. The molecule has 1 amide bonds. The number of fused-ring (bicyclic) bond motifs is 1. The molecular weight excluding hydrogens is 302 g/mol. The quantitative estimate of drug-likeness (QED) is 0.831. The zero-order chi connectivity index (χ0) is 16.9. The molecule has 0 unspecified atom stereocenters. The van der Waals surface area contributed by atoms with E-state index in [0.717, 1.165) is 63.2 Å². The van der Waals surface area contributed by atoms with Crippen LogP contribution in [-0.4, -0.2) is 65.7 Å². The van der Waals surface area contributed by atoms with E-state index >= 15 is 0 Å². The predicted octanol–water partition coefficient (Wildman–Crippen LogP) is 1.64. The summed E-state index contributed by atoms with van der Waals surface area (Å²) in [6.07, 6.45) is 5.66. The van der Waals surface area contributed by atoms with Crippen molar-refractivity contribution >= 4 is 5.91 Å². The minimum absolute atomic E-state index is 0.106. The smallest absolute Gasteiger partial charge is 0.274 e. The summed E-state index contributed by atoms with van der Waals surface area (Å²) in [6.45, 7) is 8.01. The van der Waals surface area contributed by atoms with Crippen molar-refractivity contribution in [3.8, 4) is 0 Å². The highest BCUT2D eigenvalue weighted by Gasteiger charge is 2.28. The maximum absolute atomic E-state index is 12.8. The van der Waals surface area contributed by atoms with Gasteiger partial charge in [0.25, 0.3) is 5.91 Å². The second-order valence-electron chi connectivity index (χ2n) is 7.31. The Morgan fingerprint density at radius 1 is 1.38 bits per heavy atom. The molecule has 3 rings (SSSR count). The lowest BCUT2D eigenvalue weighted by molar-refractivity contribution is 0.0666. The molecule has 0 radical (unpaired) electrons. The van der Waals surface area contributed by atoms with Crippen LogP contribution in [0.25, 0.3) is 0 Å². The predicted molar refractivity (Wildman–Crippen MR) is 95.0 cm³/mol. The van der Waals surface area contributed by atoms with Crippen LogP contribution in [-0.2, 0) is 13.0 Å². The molecule has 0 atom stereocenters. The van der Waals surface area contributed by atoms with Crippen LogP contribution < -0.4 is 5.32 Å². The second-order valence-corrected chi connectivity index (χ2v) is 7.31. The number of aromatic nitrogens is 2. The molecule has 2 aliphatic heterocycles. The molecule has 134 valence electrons. The molecule has 2 N–H and O–H groups in total. The number of aromatic amines is 1. The summed E-state index contributed by atoms with van der Waals surface area (Å²) < 4.78 is 0. The van der Waals surface area contributed by atoms with Gasteiger partial charge in [-0.25, -0.2) is 0 Å². The zero-order valence-corrected chi connectivity index (χ0v) is 15.1. The molecule has 1 aromatic rings. The summed E-state index contributed by atoms with van der Waals surface area (Å²) in [5, 5.41) is 10.7. The highest BCUT2D eigenvalue weighted by Crippen LogP contribution is 2.22. The highest BCUT2D eigenvalue weighted by atomic mass is 16.2. The third-order valence-electron chi connectivity index (χ3n) is 5.37. The molecule has 0 saturated carbocycles. The molecule has 0 aliphatic carbocycles. The van der Waals surface area contributed by atoms with Gasteiger partial charge in [0.1, 0.15) is 0 Å². The van der Waals surface area contributed by atoms with Gasteiger partial charge in [0.15, 0.2) is 5.69 Å². The van der Waals surface area contributed by atoms with E-state index in [1.807, 2.05) is 4.90 Å². The van der Waals surface area contributed by atoms with Crippen LogP contribution in [0.15, 0.2) is 0 Å². The van der Waals surface area contributed by atoms with Crippen molar-refractivity contribution in [2.75, 3.05) is 39.8 Å². The van der Waals surface area contributed by atoms with E-state index in [-0.39, 0.29) is 5.91 Å². The molecule has 6 heteroatoms. The van der Waals surface area contributed by atoms with E-state index in [1.54, 1.807) is 0 Å². The lowest BCUT2D eigenvalue weighted by atomic mass is 9.95. The third kappa shape index (κ3) is 3.98. The van der Waals surface area contributed by atoms with Crippen LogP contribution in [0.3, 0.4) is 0 Å². The lowest BCUT2D eigenvalue weighted by Crippen LogP contribution is -2.41. The number of carbonyl (C=O) groups is 1.